The Morgan fingerprint density at radius 1 is 1.12 bits per heavy atom. The molecular weight excluding hydrogens is 326 g/mol. The summed E-state index contributed by atoms with van der Waals surface area (Å²) in [6.07, 6.45) is 0. The van der Waals surface area contributed by atoms with E-state index >= 15 is 0 Å². The number of benzene rings is 2. The van der Waals surface area contributed by atoms with Crippen molar-refractivity contribution in [1.82, 2.24) is 15.5 Å². The summed E-state index contributed by atoms with van der Waals surface area (Å²) in [6.45, 7) is 2.22. The summed E-state index contributed by atoms with van der Waals surface area (Å²) < 4.78 is 10.5. The van der Waals surface area contributed by atoms with Crippen LogP contribution in [0.1, 0.15) is 28.9 Å². The quantitative estimate of drug-likeness (QED) is 0.735. The molecule has 0 saturated carbocycles. The van der Waals surface area contributed by atoms with Crippen LogP contribution in [0.4, 0.5) is 0 Å². The second-order valence-corrected chi connectivity index (χ2v) is 5.71. The zero-order valence-corrected chi connectivity index (χ0v) is 14.2. The Bertz CT molecular complexity index is 819. The summed E-state index contributed by atoms with van der Waals surface area (Å²) in [6, 6.07) is 15.4. The molecule has 0 radical (unpaired) electrons. The molecule has 0 amide bonds. The van der Waals surface area contributed by atoms with Crippen LogP contribution in [0.5, 0.6) is 5.75 Å². The lowest BCUT2D eigenvalue weighted by atomic mass is 9.97. The molecule has 1 N–H and O–H groups in total. The molecule has 0 unspecified atom stereocenters. The van der Waals surface area contributed by atoms with Crippen molar-refractivity contribution in [2.75, 3.05) is 7.11 Å². The Hall–Kier alpha value is -2.37. The van der Waals surface area contributed by atoms with E-state index < -0.39 is 0 Å². The van der Waals surface area contributed by atoms with Gasteiger partial charge in [-0.15, -0.1) is 0 Å². The Morgan fingerprint density at radius 2 is 1.83 bits per heavy atom. The van der Waals surface area contributed by atoms with Crippen LogP contribution < -0.4 is 10.1 Å². The molecule has 2 aromatic carbocycles. The smallest absolute Gasteiger partial charge is 0.223 e. The average Bonchev–Trinajstić information content (AvgIpc) is 3.02. The highest BCUT2D eigenvalue weighted by molar-refractivity contribution is 6.31. The normalized spacial score (nSPS) is 12.1. The number of nitrogens with one attached hydrogen (secondary N) is 1. The number of ether oxygens (including phenoxy) is 1. The van der Waals surface area contributed by atoms with Crippen LogP contribution in [-0.4, -0.2) is 17.3 Å². The predicted octanol–water partition coefficient (Wildman–Crippen LogP) is 3.92. The molecule has 0 saturated heterocycles. The number of hydrogen-bond donors (Lipinski definition) is 1. The van der Waals surface area contributed by atoms with E-state index in [2.05, 4.69) is 15.5 Å². The maximum Gasteiger partial charge on any atom is 0.223 e. The van der Waals surface area contributed by atoms with Crippen molar-refractivity contribution >= 4 is 11.6 Å². The number of rotatable bonds is 6. The van der Waals surface area contributed by atoms with Crippen LogP contribution in [0.25, 0.3) is 0 Å². The molecule has 0 aliphatic rings. The molecule has 1 heterocycles. The Balaban J connectivity index is 1.96. The van der Waals surface area contributed by atoms with Crippen LogP contribution in [-0.2, 0) is 6.54 Å². The first kappa shape index (κ1) is 16.5. The molecule has 6 heteroatoms. The monoisotopic (exact) mass is 343 g/mol. The van der Waals surface area contributed by atoms with Gasteiger partial charge in [0.05, 0.1) is 19.7 Å². The van der Waals surface area contributed by atoms with E-state index in [1.54, 1.807) is 14.0 Å². The molecule has 3 rings (SSSR count). The summed E-state index contributed by atoms with van der Waals surface area (Å²) >= 11 is 6.42. The number of hydrogen-bond acceptors (Lipinski definition) is 5. The average molecular weight is 344 g/mol. The van der Waals surface area contributed by atoms with Gasteiger partial charge in [-0.2, -0.15) is 4.98 Å². The first-order valence-electron chi connectivity index (χ1n) is 7.59. The van der Waals surface area contributed by atoms with Crippen molar-refractivity contribution in [2.24, 2.45) is 0 Å². The van der Waals surface area contributed by atoms with E-state index in [1.807, 2.05) is 48.5 Å². The highest BCUT2D eigenvalue weighted by Gasteiger charge is 2.20. The van der Waals surface area contributed by atoms with Gasteiger partial charge in [0.1, 0.15) is 5.75 Å². The number of para-hydroxylation sites is 1. The molecule has 0 fully saturated rings. The Kier molecular flexibility index (Phi) is 5.13. The van der Waals surface area contributed by atoms with E-state index in [-0.39, 0.29) is 6.04 Å². The highest BCUT2D eigenvalue weighted by atomic mass is 35.5. The molecule has 0 aliphatic heterocycles. The molecule has 3 aromatic rings. The molecule has 5 nitrogen and oxygen atoms in total. The van der Waals surface area contributed by atoms with Crippen molar-refractivity contribution in [2.45, 2.75) is 19.5 Å². The molecular formula is C18H18ClN3O2. The largest absolute Gasteiger partial charge is 0.496 e. The van der Waals surface area contributed by atoms with Gasteiger partial charge in [-0.1, -0.05) is 53.2 Å². The third-order valence-electron chi connectivity index (χ3n) is 3.70. The van der Waals surface area contributed by atoms with Crippen molar-refractivity contribution < 1.29 is 9.26 Å². The van der Waals surface area contributed by atoms with Gasteiger partial charge in [-0.05, 0) is 17.7 Å². The van der Waals surface area contributed by atoms with Gasteiger partial charge in [0, 0.05) is 17.5 Å². The van der Waals surface area contributed by atoms with Gasteiger partial charge in [0.2, 0.25) is 5.89 Å². The highest BCUT2D eigenvalue weighted by Crippen LogP contribution is 2.33. The molecule has 0 aliphatic carbocycles. The van der Waals surface area contributed by atoms with Crippen LogP contribution in [0.15, 0.2) is 53.1 Å². The number of methoxy groups -OCH3 is 1. The minimum Gasteiger partial charge on any atom is -0.496 e. The van der Waals surface area contributed by atoms with Gasteiger partial charge in [0.15, 0.2) is 5.82 Å². The van der Waals surface area contributed by atoms with Gasteiger partial charge in [-0.25, -0.2) is 0 Å². The first-order chi connectivity index (χ1) is 11.7. The van der Waals surface area contributed by atoms with Gasteiger partial charge < -0.3 is 9.26 Å². The third-order valence-corrected chi connectivity index (χ3v) is 4.04. The van der Waals surface area contributed by atoms with E-state index in [9.17, 15) is 0 Å². The summed E-state index contributed by atoms with van der Waals surface area (Å²) in [5.41, 5.74) is 1.96. The maximum atomic E-state index is 6.42. The number of aromatic nitrogens is 2. The van der Waals surface area contributed by atoms with E-state index in [1.165, 1.54) is 0 Å². The molecule has 0 bridgehead atoms. The predicted molar refractivity (Wildman–Crippen MR) is 92.2 cm³/mol. The van der Waals surface area contributed by atoms with Crippen molar-refractivity contribution in [1.29, 1.82) is 0 Å². The summed E-state index contributed by atoms with van der Waals surface area (Å²) in [7, 11) is 1.66. The number of aryl methyl sites for hydroxylation is 1. The maximum absolute atomic E-state index is 6.42. The van der Waals surface area contributed by atoms with E-state index in [0.717, 1.165) is 16.9 Å². The second kappa shape index (κ2) is 7.47. The molecule has 1 aromatic heterocycles. The van der Waals surface area contributed by atoms with Crippen LogP contribution in [0, 0.1) is 6.92 Å². The molecule has 1 atom stereocenters. The zero-order chi connectivity index (χ0) is 16.9. The van der Waals surface area contributed by atoms with Crippen molar-refractivity contribution in [3.05, 3.63) is 76.4 Å². The van der Waals surface area contributed by atoms with Gasteiger partial charge in [-0.3, -0.25) is 5.32 Å². The third kappa shape index (κ3) is 3.58. The number of halogens is 1. The van der Waals surface area contributed by atoms with Crippen molar-refractivity contribution in [3.8, 4) is 5.75 Å². The topological polar surface area (TPSA) is 60.2 Å². The van der Waals surface area contributed by atoms with Crippen LogP contribution >= 0.6 is 11.6 Å². The summed E-state index contributed by atoms with van der Waals surface area (Å²) in [4.78, 5) is 4.23. The molecule has 124 valence electrons. The minimum absolute atomic E-state index is 0.159. The minimum atomic E-state index is -0.159. The summed E-state index contributed by atoms with van der Waals surface area (Å²) in [5, 5.41) is 8.06. The fourth-order valence-electron chi connectivity index (χ4n) is 2.61. The van der Waals surface area contributed by atoms with Crippen molar-refractivity contribution in [3.63, 3.8) is 0 Å². The van der Waals surface area contributed by atoms with E-state index in [4.69, 9.17) is 20.9 Å². The molecule has 24 heavy (non-hydrogen) atoms. The number of nitrogens with zero attached hydrogens (tertiary/aromatic N) is 2. The SMILES string of the molecule is COc1ccccc1[C@H](NCc1noc(C)n1)c1ccccc1Cl. The zero-order valence-electron chi connectivity index (χ0n) is 13.5. The second-order valence-electron chi connectivity index (χ2n) is 5.31. The molecule has 0 spiro atoms. The van der Waals surface area contributed by atoms with Crippen LogP contribution in [0.3, 0.4) is 0 Å². The summed E-state index contributed by atoms with van der Waals surface area (Å²) in [5.74, 6) is 1.93. The van der Waals surface area contributed by atoms with Gasteiger partial charge >= 0.3 is 0 Å². The van der Waals surface area contributed by atoms with E-state index in [0.29, 0.717) is 23.3 Å². The lowest BCUT2D eigenvalue weighted by Gasteiger charge is -2.22. The first-order valence-corrected chi connectivity index (χ1v) is 7.96. The Labute approximate surface area is 145 Å². The Morgan fingerprint density at radius 3 is 2.50 bits per heavy atom. The fraction of sp³-hybridized carbons (Fsp3) is 0.222. The fourth-order valence-corrected chi connectivity index (χ4v) is 2.85. The lowest BCUT2D eigenvalue weighted by molar-refractivity contribution is 0.383. The van der Waals surface area contributed by atoms with Gasteiger partial charge in [0.25, 0.3) is 0 Å². The van der Waals surface area contributed by atoms with Crippen LogP contribution in [0.2, 0.25) is 5.02 Å². The lowest BCUT2D eigenvalue weighted by Crippen LogP contribution is -2.23. The standard InChI is InChI=1S/C18H18ClN3O2/c1-12-21-17(22-24-12)11-20-18(13-7-3-5-9-15(13)19)14-8-4-6-10-16(14)23-2/h3-10,18,20H,11H2,1-2H3/t18-/m1/s1.